The number of ether oxygens (including phenoxy) is 1. The van der Waals surface area contributed by atoms with Crippen molar-refractivity contribution in [1.82, 2.24) is 0 Å². The zero-order valence-electron chi connectivity index (χ0n) is 10.0. The number of hydrogen-bond donors (Lipinski definition) is 0. The van der Waals surface area contributed by atoms with E-state index >= 15 is 0 Å². The average Bonchev–Trinajstić information content (AvgIpc) is 2.38. The lowest BCUT2D eigenvalue weighted by Gasteiger charge is -2.15. The first kappa shape index (κ1) is 15.2. The van der Waals surface area contributed by atoms with Gasteiger partial charge in [0.05, 0.1) is 0 Å². The molecule has 0 fully saturated rings. The molecule has 0 aromatic heterocycles. The van der Waals surface area contributed by atoms with Crippen LogP contribution in [0.4, 0.5) is 13.2 Å². The third-order valence-corrected chi connectivity index (χ3v) is 3.45. The molecule has 0 aliphatic heterocycles. The van der Waals surface area contributed by atoms with Crippen LogP contribution in [0.5, 0.6) is 5.75 Å². The van der Waals surface area contributed by atoms with E-state index in [-0.39, 0.29) is 5.75 Å². The third-order valence-electron chi connectivity index (χ3n) is 2.61. The molecule has 2 rings (SSSR count). The van der Waals surface area contributed by atoms with Gasteiger partial charge in [0.15, 0.2) is 0 Å². The summed E-state index contributed by atoms with van der Waals surface area (Å²) in [7, 11) is 0. The standard InChI is InChI=1S/C14H9BrClF3O/c15-8-9-7-10(16)5-6-11(9)12-3-1-2-4-13(12)20-14(17,18)19/h1-7H,8H2. The number of benzene rings is 2. The van der Waals surface area contributed by atoms with Crippen molar-refractivity contribution in [2.75, 3.05) is 0 Å². The largest absolute Gasteiger partial charge is 0.573 e. The summed E-state index contributed by atoms with van der Waals surface area (Å²) in [5, 5.41) is 1.00. The first-order valence-electron chi connectivity index (χ1n) is 5.60. The van der Waals surface area contributed by atoms with E-state index in [1.165, 1.54) is 12.1 Å². The molecule has 0 saturated heterocycles. The van der Waals surface area contributed by atoms with Crippen molar-refractivity contribution in [3.63, 3.8) is 0 Å². The zero-order valence-corrected chi connectivity index (χ0v) is 12.4. The molecule has 2 aromatic carbocycles. The maximum Gasteiger partial charge on any atom is 0.573 e. The SMILES string of the molecule is FC(F)(F)Oc1ccccc1-c1ccc(Cl)cc1CBr. The summed E-state index contributed by atoms with van der Waals surface area (Å²) in [4.78, 5) is 0. The number of hydrogen-bond acceptors (Lipinski definition) is 1. The van der Waals surface area contributed by atoms with Crippen LogP contribution in [0.3, 0.4) is 0 Å². The maximum absolute atomic E-state index is 12.4. The van der Waals surface area contributed by atoms with E-state index < -0.39 is 6.36 Å². The minimum Gasteiger partial charge on any atom is -0.405 e. The highest BCUT2D eigenvalue weighted by Gasteiger charge is 2.32. The molecule has 6 heteroatoms. The van der Waals surface area contributed by atoms with Gasteiger partial charge >= 0.3 is 6.36 Å². The fourth-order valence-electron chi connectivity index (χ4n) is 1.84. The molecule has 0 saturated carbocycles. The molecule has 0 unspecified atom stereocenters. The zero-order chi connectivity index (χ0) is 14.8. The molecule has 0 radical (unpaired) electrons. The van der Waals surface area contributed by atoms with Gasteiger partial charge in [-0.15, -0.1) is 13.2 Å². The Morgan fingerprint density at radius 2 is 1.75 bits per heavy atom. The van der Waals surface area contributed by atoms with E-state index in [9.17, 15) is 13.2 Å². The van der Waals surface area contributed by atoms with Crippen LogP contribution in [0.25, 0.3) is 11.1 Å². The van der Waals surface area contributed by atoms with Crippen LogP contribution < -0.4 is 4.74 Å². The number of rotatable bonds is 3. The molecule has 0 spiro atoms. The van der Waals surface area contributed by atoms with Crippen molar-refractivity contribution in [3.05, 3.63) is 53.1 Å². The lowest BCUT2D eigenvalue weighted by molar-refractivity contribution is -0.274. The van der Waals surface area contributed by atoms with E-state index in [1.807, 2.05) is 0 Å². The Balaban J connectivity index is 2.53. The summed E-state index contributed by atoms with van der Waals surface area (Å²) >= 11 is 9.20. The summed E-state index contributed by atoms with van der Waals surface area (Å²) in [6, 6.07) is 11.0. The lowest BCUT2D eigenvalue weighted by atomic mass is 10.00. The van der Waals surface area contributed by atoms with Gasteiger partial charge in [-0.05, 0) is 29.3 Å². The van der Waals surface area contributed by atoms with Crippen LogP contribution in [0, 0.1) is 0 Å². The Kier molecular flexibility index (Phi) is 4.60. The van der Waals surface area contributed by atoms with E-state index in [0.717, 1.165) is 5.56 Å². The monoisotopic (exact) mass is 364 g/mol. The molecular formula is C14H9BrClF3O. The summed E-state index contributed by atoms with van der Waals surface area (Å²) < 4.78 is 41.4. The number of halogens is 5. The van der Waals surface area contributed by atoms with Gasteiger partial charge in [0.2, 0.25) is 0 Å². The molecule has 0 atom stereocenters. The molecule has 0 aliphatic carbocycles. The molecule has 0 heterocycles. The molecule has 0 bridgehead atoms. The van der Waals surface area contributed by atoms with Crippen molar-refractivity contribution in [2.45, 2.75) is 11.7 Å². The van der Waals surface area contributed by atoms with Gasteiger partial charge < -0.3 is 4.74 Å². The molecule has 0 N–H and O–H groups in total. The normalized spacial score (nSPS) is 11.4. The maximum atomic E-state index is 12.4. The van der Waals surface area contributed by atoms with Gasteiger partial charge in [-0.25, -0.2) is 0 Å². The minimum absolute atomic E-state index is 0.232. The molecule has 1 nitrogen and oxygen atoms in total. The van der Waals surface area contributed by atoms with Crippen molar-refractivity contribution >= 4 is 27.5 Å². The second-order valence-electron chi connectivity index (χ2n) is 3.98. The molecular weight excluding hydrogens is 357 g/mol. The molecule has 20 heavy (non-hydrogen) atoms. The Bertz CT molecular complexity index is 614. The van der Waals surface area contributed by atoms with E-state index in [2.05, 4.69) is 20.7 Å². The first-order valence-corrected chi connectivity index (χ1v) is 7.10. The van der Waals surface area contributed by atoms with Gasteiger partial charge in [0.25, 0.3) is 0 Å². The van der Waals surface area contributed by atoms with Gasteiger partial charge in [-0.1, -0.05) is 51.8 Å². The summed E-state index contributed by atoms with van der Waals surface area (Å²) in [6.07, 6.45) is -4.73. The molecule has 0 aliphatic rings. The van der Waals surface area contributed by atoms with Crippen LogP contribution in [0.15, 0.2) is 42.5 Å². The minimum atomic E-state index is -4.73. The van der Waals surface area contributed by atoms with Crippen molar-refractivity contribution in [1.29, 1.82) is 0 Å². The van der Waals surface area contributed by atoms with E-state index in [0.29, 0.717) is 21.5 Å². The van der Waals surface area contributed by atoms with Crippen LogP contribution in [-0.4, -0.2) is 6.36 Å². The summed E-state index contributed by atoms with van der Waals surface area (Å²) in [5.74, 6) is -0.232. The summed E-state index contributed by atoms with van der Waals surface area (Å²) in [6.45, 7) is 0. The topological polar surface area (TPSA) is 9.23 Å². The van der Waals surface area contributed by atoms with Crippen LogP contribution in [0.2, 0.25) is 5.02 Å². The van der Waals surface area contributed by atoms with Gasteiger partial charge in [0, 0.05) is 15.9 Å². The number of para-hydroxylation sites is 1. The number of alkyl halides is 4. The average molecular weight is 366 g/mol. The predicted molar refractivity (Wildman–Crippen MR) is 76.2 cm³/mol. The van der Waals surface area contributed by atoms with E-state index in [1.54, 1.807) is 30.3 Å². The highest BCUT2D eigenvalue weighted by molar-refractivity contribution is 9.08. The fourth-order valence-corrected chi connectivity index (χ4v) is 2.50. The van der Waals surface area contributed by atoms with Crippen LogP contribution in [0.1, 0.15) is 5.56 Å². The molecule has 2 aromatic rings. The van der Waals surface area contributed by atoms with Gasteiger partial charge in [0.1, 0.15) is 5.75 Å². The van der Waals surface area contributed by atoms with Crippen LogP contribution >= 0.6 is 27.5 Å². The quantitative estimate of drug-likeness (QED) is 0.625. The third kappa shape index (κ3) is 3.67. The van der Waals surface area contributed by atoms with Crippen LogP contribution in [-0.2, 0) is 5.33 Å². The predicted octanol–water partition coefficient (Wildman–Crippen LogP) is 5.80. The Morgan fingerprint density at radius 1 is 1.05 bits per heavy atom. The second-order valence-corrected chi connectivity index (χ2v) is 4.98. The Hall–Kier alpha value is -1.20. The highest BCUT2D eigenvalue weighted by atomic mass is 79.9. The van der Waals surface area contributed by atoms with Crippen molar-refractivity contribution in [3.8, 4) is 16.9 Å². The molecule has 0 amide bonds. The van der Waals surface area contributed by atoms with Crippen molar-refractivity contribution in [2.24, 2.45) is 0 Å². The Morgan fingerprint density at radius 3 is 2.40 bits per heavy atom. The first-order chi connectivity index (χ1) is 9.40. The lowest BCUT2D eigenvalue weighted by Crippen LogP contribution is -2.17. The molecule has 106 valence electrons. The van der Waals surface area contributed by atoms with E-state index in [4.69, 9.17) is 11.6 Å². The second kappa shape index (κ2) is 6.06. The fraction of sp³-hybridized carbons (Fsp3) is 0.143. The smallest absolute Gasteiger partial charge is 0.405 e. The summed E-state index contributed by atoms with van der Waals surface area (Å²) in [5.41, 5.74) is 1.80. The van der Waals surface area contributed by atoms with Gasteiger partial charge in [-0.3, -0.25) is 0 Å². The van der Waals surface area contributed by atoms with Gasteiger partial charge in [-0.2, -0.15) is 0 Å². The highest BCUT2D eigenvalue weighted by Crippen LogP contribution is 2.36. The van der Waals surface area contributed by atoms with Crippen molar-refractivity contribution < 1.29 is 17.9 Å². The Labute approximate surface area is 127 Å².